The number of imide groups is 1. The molecule has 1 aliphatic carbocycles. The molecule has 1 aromatic heterocycles. The molecular weight excluding hydrogens is 408 g/mol. The third-order valence-electron chi connectivity index (χ3n) is 6.66. The van der Waals surface area contributed by atoms with Crippen molar-refractivity contribution in [2.75, 3.05) is 37.6 Å². The van der Waals surface area contributed by atoms with Gasteiger partial charge in [-0.05, 0) is 42.9 Å². The van der Waals surface area contributed by atoms with Crippen molar-refractivity contribution in [3.05, 3.63) is 53.9 Å². The predicted octanol–water partition coefficient (Wildman–Crippen LogP) is 1.30. The number of hydrogen-bond acceptors (Lipinski definition) is 6. The number of urea groups is 1. The topological polar surface area (TPSA) is 98.7 Å². The fourth-order valence-electron chi connectivity index (χ4n) is 4.96. The molecule has 2 fully saturated rings. The molecule has 166 valence electrons. The summed E-state index contributed by atoms with van der Waals surface area (Å²) >= 11 is 0. The first-order valence-electron chi connectivity index (χ1n) is 11.1. The lowest BCUT2D eigenvalue weighted by atomic mass is 9.84. The summed E-state index contributed by atoms with van der Waals surface area (Å²) in [5.41, 5.74) is 0.890. The van der Waals surface area contributed by atoms with E-state index in [1.54, 1.807) is 23.4 Å². The highest BCUT2D eigenvalue weighted by atomic mass is 16.2. The van der Waals surface area contributed by atoms with Crippen LogP contribution in [0, 0.1) is 0 Å². The number of rotatable bonds is 3. The number of benzene rings is 1. The molecule has 4 amide bonds. The Morgan fingerprint density at radius 2 is 1.75 bits per heavy atom. The number of fused-ring (bicyclic) bond motifs is 2. The van der Waals surface area contributed by atoms with Crippen LogP contribution >= 0.6 is 0 Å². The van der Waals surface area contributed by atoms with Crippen LogP contribution in [0.25, 0.3) is 0 Å². The van der Waals surface area contributed by atoms with E-state index >= 15 is 0 Å². The van der Waals surface area contributed by atoms with Crippen LogP contribution in [-0.4, -0.2) is 70.3 Å². The van der Waals surface area contributed by atoms with Gasteiger partial charge in [0.1, 0.15) is 12.1 Å². The molecule has 2 aliphatic heterocycles. The predicted molar refractivity (Wildman–Crippen MR) is 117 cm³/mol. The molecule has 1 N–H and O–H groups in total. The second-order valence-electron chi connectivity index (χ2n) is 8.51. The van der Waals surface area contributed by atoms with E-state index in [-0.39, 0.29) is 18.4 Å². The van der Waals surface area contributed by atoms with E-state index in [0.717, 1.165) is 35.3 Å². The second kappa shape index (κ2) is 8.22. The molecule has 2 aromatic rings. The minimum Gasteiger partial charge on any atom is -0.338 e. The molecule has 2 saturated heterocycles. The van der Waals surface area contributed by atoms with E-state index in [1.165, 1.54) is 0 Å². The van der Waals surface area contributed by atoms with Gasteiger partial charge in [0.15, 0.2) is 0 Å². The summed E-state index contributed by atoms with van der Waals surface area (Å²) in [5, 5.41) is 2.94. The summed E-state index contributed by atoms with van der Waals surface area (Å²) in [6, 6.07) is 9.08. The maximum absolute atomic E-state index is 13.5. The third kappa shape index (κ3) is 3.47. The van der Waals surface area contributed by atoms with Gasteiger partial charge in [-0.2, -0.15) is 0 Å². The molecule has 5 rings (SSSR count). The summed E-state index contributed by atoms with van der Waals surface area (Å²) in [6.07, 6.45) is 6.63. The van der Waals surface area contributed by atoms with Crippen LogP contribution in [0.5, 0.6) is 0 Å². The van der Waals surface area contributed by atoms with Crippen molar-refractivity contribution in [2.24, 2.45) is 0 Å². The molecule has 1 aromatic carbocycles. The average molecular weight is 435 g/mol. The number of aryl methyl sites for hydroxylation is 1. The van der Waals surface area contributed by atoms with Gasteiger partial charge >= 0.3 is 6.03 Å². The lowest BCUT2D eigenvalue weighted by molar-refractivity contribution is -0.139. The summed E-state index contributed by atoms with van der Waals surface area (Å²) in [7, 11) is 0. The van der Waals surface area contributed by atoms with Crippen molar-refractivity contribution in [3.8, 4) is 0 Å². The van der Waals surface area contributed by atoms with Gasteiger partial charge in [0.2, 0.25) is 11.9 Å². The largest absolute Gasteiger partial charge is 0.338 e. The van der Waals surface area contributed by atoms with Crippen molar-refractivity contribution < 1.29 is 14.4 Å². The Morgan fingerprint density at radius 1 is 1.00 bits per heavy atom. The number of aromatic nitrogens is 2. The Hall–Kier alpha value is -3.49. The maximum Gasteiger partial charge on any atom is 0.325 e. The molecule has 1 spiro atoms. The van der Waals surface area contributed by atoms with E-state index < -0.39 is 11.6 Å². The van der Waals surface area contributed by atoms with Gasteiger partial charge in [0, 0.05) is 38.6 Å². The van der Waals surface area contributed by atoms with Crippen molar-refractivity contribution in [3.63, 3.8) is 0 Å². The minimum atomic E-state index is -1.06. The van der Waals surface area contributed by atoms with Crippen LogP contribution in [0.2, 0.25) is 0 Å². The molecular formula is C23H26N6O3. The van der Waals surface area contributed by atoms with E-state index in [4.69, 9.17) is 0 Å². The van der Waals surface area contributed by atoms with Gasteiger partial charge in [-0.15, -0.1) is 0 Å². The Labute approximate surface area is 186 Å². The lowest BCUT2D eigenvalue weighted by Crippen LogP contribution is -2.52. The molecule has 0 bridgehead atoms. The molecule has 3 aliphatic rings. The van der Waals surface area contributed by atoms with Gasteiger partial charge in [0.05, 0.1) is 0 Å². The zero-order chi connectivity index (χ0) is 22.1. The van der Waals surface area contributed by atoms with Crippen LogP contribution in [0.1, 0.15) is 30.4 Å². The highest BCUT2D eigenvalue weighted by molar-refractivity contribution is 6.09. The summed E-state index contributed by atoms with van der Waals surface area (Å²) in [6.45, 7) is 1.96. The highest BCUT2D eigenvalue weighted by Crippen LogP contribution is 2.38. The van der Waals surface area contributed by atoms with E-state index in [1.807, 2.05) is 29.2 Å². The Bertz CT molecular complexity index is 1040. The summed E-state index contributed by atoms with van der Waals surface area (Å²) in [5.74, 6) is 0.102. The molecule has 3 heterocycles. The van der Waals surface area contributed by atoms with Crippen molar-refractivity contribution in [1.82, 2.24) is 25.1 Å². The SMILES string of the molecule is O=C(CN1C(=O)N[C@]2(CCCCc3ccccc32)C1=O)N1CCN(c2ncccn2)CC1. The standard InChI is InChI=1S/C23H26N6O3/c30-19(27-12-14-28(15-13-27)21-24-10-5-11-25-21)16-29-20(31)23(26-22(29)32)9-4-3-7-17-6-1-2-8-18(17)23/h1-2,5-6,8,10-11H,3-4,7,9,12-16H2,(H,26,32)/t23-/m0/s1. The summed E-state index contributed by atoms with van der Waals surface area (Å²) in [4.78, 5) is 52.6. The van der Waals surface area contributed by atoms with Crippen molar-refractivity contribution >= 4 is 23.8 Å². The number of piperazine rings is 1. The fourth-order valence-corrected chi connectivity index (χ4v) is 4.96. The normalized spacial score (nSPS) is 23.2. The number of carbonyl (C=O) groups is 3. The number of carbonyl (C=O) groups excluding carboxylic acids is 3. The van der Waals surface area contributed by atoms with Crippen LogP contribution in [0.15, 0.2) is 42.7 Å². The molecule has 1 atom stereocenters. The Kier molecular flexibility index (Phi) is 5.24. The van der Waals surface area contributed by atoms with E-state index in [9.17, 15) is 14.4 Å². The van der Waals surface area contributed by atoms with Crippen molar-refractivity contribution in [2.45, 2.75) is 31.2 Å². The number of anilines is 1. The van der Waals surface area contributed by atoms with E-state index in [2.05, 4.69) is 15.3 Å². The van der Waals surface area contributed by atoms with Gasteiger partial charge in [-0.25, -0.2) is 14.8 Å². The molecule has 9 nitrogen and oxygen atoms in total. The first kappa shape index (κ1) is 20.4. The third-order valence-corrected chi connectivity index (χ3v) is 6.66. The Balaban J connectivity index is 1.28. The fraction of sp³-hybridized carbons (Fsp3) is 0.435. The molecule has 32 heavy (non-hydrogen) atoms. The van der Waals surface area contributed by atoms with E-state index in [0.29, 0.717) is 38.5 Å². The Morgan fingerprint density at radius 3 is 2.53 bits per heavy atom. The first-order chi connectivity index (χ1) is 15.6. The minimum absolute atomic E-state index is 0.221. The summed E-state index contributed by atoms with van der Waals surface area (Å²) < 4.78 is 0. The van der Waals surface area contributed by atoms with Gasteiger partial charge in [-0.3, -0.25) is 14.5 Å². The zero-order valence-electron chi connectivity index (χ0n) is 17.9. The van der Waals surface area contributed by atoms with Gasteiger partial charge in [0.25, 0.3) is 5.91 Å². The molecule has 0 saturated carbocycles. The zero-order valence-corrected chi connectivity index (χ0v) is 17.9. The monoisotopic (exact) mass is 434 g/mol. The number of nitrogens with one attached hydrogen (secondary N) is 1. The smallest absolute Gasteiger partial charge is 0.325 e. The van der Waals surface area contributed by atoms with Gasteiger partial charge in [-0.1, -0.05) is 24.3 Å². The quantitative estimate of drug-likeness (QED) is 0.732. The maximum atomic E-state index is 13.5. The lowest BCUT2D eigenvalue weighted by Gasteiger charge is -2.35. The van der Waals surface area contributed by atoms with Crippen LogP contribution in [0.3, 0.4) is 0 Å². The number of amides is 4. The van der Waals surface area contributed by atoms with Crippen molar-refractivity contribution in [1.29, 1.82) is 0 Å². The van der Waals surface area contributed by atoms with Crippen LogP contribution < -0.4 is 10.2 Å². The molecule has 0 unspecified atom stereocenters. The number of nitrogens with zero attached hydrogens (tertiary/aromatic N) is 5. The molecule has 0 radical (unpaired) electrons. The van der Waals surface area contributed by atoms with Crippen LogP contribution in [0.4, 0.5) is 10.7 Å². The van der Waals surface area contributed by atoms with Gasteiger partial charge < -0.3 is 15.1 Å². The highest BCUT2D eigenvalue weighted by Gasteiger charge is 2.53. The second-order valence-corrected chi connectivity index (χ2v) is 8.51. The first-order valence-corrected chi connectivity index (χ1v) is 11.1. The molecule has 9 heteroatoms. The average Bonchev–Trinajstić information content (AvgIpc) is 2.97. The number of hydrogen-bond donors (Lipinski definition) is 1. The van der Waals surface area contributed by atoms with Crippen LogP contribution in [-0.2, 0) is 21.5 Å².